The number of benzene rings is 1. The van der Waals surface area contributed by atoms with Crippen LogP contribution in [0.25, 0.3) is 0 Å². The highest BCUT2D eigenvalue weighted by Gasteiger charge is 2.58. The Hall–Kier alpha value is -1.16. The van der Waals surface area contributed by atoms with E-state index in [1.54, 1.807) is 6.07 Å². The van der Waals surface area contributed by atoms with Crippen molar-refractivity contribution in [1.82, 2.24) is 0 Å². The summed E-state index contributed by atoms with van der Waals surface area (Å²) < 4.78 is 25.8. The predicted octanol–water partition coefficient (Wildman–Crippen LogP) is 3.42. The summed E-state index contributed by atoms with van der Waals surface area (Å²) in [4.78, 5) is 10.8. The molecule has 1 aliphatic carbocycles. The van der Waals surface area contributed by atoms with E-state index in [0.717, 1.165) is 0 Å². The lowest BCUT2D eigenvalue weighted by atomic mass is 10.1. The lowest BCUT2D eigenvalue weighted by molar-refractivity contribution is -0.114. The molecule has 1 aliphatic rings. The molecule has 1 unspecified atom stereocenters. The van der Waals surface area contributed by atoms with Gasteiger partial charge in [0.2, 0.25) is 5.91 Å². The number of carbonyl (C=O) groups excluding carboxylic acids is 1. The van der Waals surface area contributed by atoms with Gasteiger partial charge in [0, 0.05) is 24.1 Å². The van der Waals surface area contributed by atoms with Gasteiger partial charge in [0.1, 0.15) is 0 Å². The topological polar surface area (TPSA) is 29.1 Å². The number of alkyl halides is 2. The van der Waals surface area contributed by atoms with Gasteiger partial charge in [-0.05, 0) is 23.8 Å². The zero-order valence-corrected chi connectivity index (χ0v) is 9.31. The van der Waals surface area contributed by atoms with Crippen LogP contribution in [0, 0.1) is 0 Å². The fourth-order valence-corrected chi connectivity index (χ4v) is 1.89. The highest BCUT2D eigenvalue weighted by atomic mass is 35.5. The number of carbonyl (C=O) groups is 1. The third-order valence-electron chi connectivity index (χ3n) is 2.52. The van der Waals surface area contributed by atoms with Gasteiger partial charge >= 0.3 is 0 Å². The molecule has 0 radical (unpaired) electrons. The Kier molecular flexibility index (Phi) is 2.62. The normalized spacial score (nSPS) is 21.6. The van der Waals surface area contributed by atoms with Crippen LogP contribution in [-0.2, 0) is 4.79 Å². The second-order valence-electron chi connectivity index (χ2n) is 3.94. The second-order valence-corrected chi connectivity index (χ2v) is 4.34. The van der Waals surface area contributed by atoms with Crippen molar-refractivity contribution in [3.8, 4) is 0 Å². The van der Waals surface area contributed by atoms with Crippen LogP contribution in [0.15, 0.2) is 18.2 Å². The Balaban J connectivity index is 2.27. The number of hydrogen-bond acceptors (Lipinski definition) is 1. The molecular formula is C11H10ClF2NO. The van der Waals surface area contributed by atoms with Gasteiger partial charge < -0.3 is 5.32 Å². The van der Waals surface area contributed by atoms with Gasteiger partial charge in [-0.25, -0.2) is 8.78 Å². The van der Waals surface area contributed by atoms with E-state index in [0.29, 0.717) is 16.3 Å². The number of rotatable bonds is 2. The number of hydrogen-bond donors (Lipinski definition) is 1. The van der Waals surface area contributed by atoms with Gasteiger partial charge in [-0.2, -0.15) is 0 Å². The zero-order valence-electron chi connectivity index (χ0n) is 8.56. The molecule has 1 fully saturated rings. The first kappa shape index (κ1) is 11.3. The molecule has 1 aromatic carbocycles. The van der Waals surface area contributed by atoms with Crippen LogP contribution in [0.4, 0.5) is 14.5 Å². The second kappa shape index (κ2) is 3.70. The van der Waals surface area contributed by atoms with Crippen LogP contribution in [-0.4, -0.2) is 11.8 Å². The molecule has 1 amide bonds. The molecule has 2 rings (SSSR count). The molecule has 0 aromatic heterocycles. The summed E-state index contributed by atoms with van der Waals surface area (Å²) in [6, 6.07) is 4.62. The van der Waals surface area contributed by atoms with Crippen LogP contribution in [0.3, 0.4) is 0 Å². The Labute approximate surface area is 96.6 Å². The highest BCUT2D eigenvalue weighted by Crippen LogP contribution is 2.57. The Morgan fingerprint density at radius 2 is 2.19 bits per heavy atom. The quantitative estimate of drug-likeness (QED) is 0.850. The summed E-state index contributed by atoms with van der Waals surface area (Å²) in [5.74, 6) is -3.71. The van der Waals surface area contributed by atoms with Crippen molar-refractivity contribution in [2.24, 2.45) is 0 Å². The summed E-state index contributed by atoms with van der Waals surface area (Å²) in [6.45, 7) is 1.36. The molecule has 2 nitrogen and oxygen atoms in total. The minimum atomic E-state index is -2.65. The van der Waals surface area contributed by atoms with E-state index in [1.807, 2.05) is 0 Å². The molecule has 1 aromatic rings. The summed E-state index contributed by atoms with van der Waals surface area (Å²) >= 11 is 5.85. The van der Waals surface area contributed by atoms with Gasteiger partial charge in [-0.1, -0.05) is 11.6 Å². The average molecular weight is 246 g/mol. The molecule has 1 N–H and O–H groups in total. The van der Waals surface area contributed by atoms with Crippen molar-refractivity contribution >= 4 is 23.2 Å². The summed E-state index contributed by atoms with van der Waals surface area (Å²) in [5, 5.41) is 2.86. The van der Waals surface area contributed by atoms with Crippen molar-refractivity contribution < 1.29 is 13.6 Å². The molecule has 0 heterocycles. The minimum absolute atomic E-state index is 0.170. The molecule has 0 saturated heterocycles. The maximum atomic E-state index is 12.9. The molecule has 0 aliphatic heterocycles. The number of anilines is 1. The number of halogens is 3. The van der Waals surface area contributed by atoms with E-state index in [1.165, 1.54) is 19.1 Å². The maximum Gasteiger partial charge on any atom is 0.255 e. The van der Waals surface area contributed by atoms with E-state index in [9.17, 15) is 13.6 Å². The van der Waals surface area contributed by atoms with E-state index in [4.69, 9.17) is 11.6 Å². The van der Waals surface area contributed by atoms with Gasteiger partial charge in [-0.3, -0.25) is 4.79 Å². The van der Waals surface area contributed by atoms with Crippen molar-refractivity contribution in [2.45, 2.75) is 25.2 Å². The summed E-state index contributed by atoms with van der Waals surface area (Å²) in [6.07, 6.45) is -0.170. The minimum Gasteiger partial charge on any atom is -0.326 e. The predicted molar refractivity (Wildman–Crippen MR) is 58.1 cm³/mol. The summed E-state index contributed by atoms with van der Waals surface area (Å²) in [7, 11) is 0. The van der Waals surface area contributed by atoms with Gasteiger partial charge in [-0.15, -0.1) is 0 Å². The molecule has 0 bridgehead atoms. The fraction of sp³-hybridized carbons (Fsp3) is 0.364. The molecule has 1 atom stereocenters. The van der Waals surface area contributed by atoms with Gasteiger partial charge in [0.15, 0.2) is 0 Å². The average Bonchev–Trinajstić information content (AvgIpc) is 2.78. The SMILES string of the molecule is CC(=O)Nc1ccc(Cl)c(C2CC2(F)F)c1. The fourth-order valence-electron chi connectivity index (χ4n) is 1.64. The van der Waals surface area contributed by atoms with Gasteiger partial charge in [0.25, 0.3) is 5.92 Å². The zero-order chi connectivity index (χ0) is 11.9. The van der Waals surface area contributed by atoms with Crippen LogP contribution >= 0.6 is 11.6 Å². The molecule has 1 saturated carbocycles. The van der Waals surface area contributed by atoms with Crippen molar-refractivity contribution in [3.05, 3.63) is 28.8 Å². The highest BCUT2D eigenvalue weighted by molar-refractivity contribution is 6.31. The van der Waals surface area contributed by atoms with Crippen molar-refractivity contribution in [2.75, 3.05) is 5.32 Å². The standard InChI is InChI=1S/C11H10ClF2NO/c1-6(16)15-7-2-3-10(12)8(4-7)9-5-11(9,13)14/h2-4,9H,5H2,1H3,(H,15,16). The third-order valence-corrected chi connectivity index (χ3v) is 2.86. The van der Waals surface area contributed by atoms with Crippen molar-refractivity contribution in [1.29, 1.82) is 0 Å². The Morgan fingerprint density at radius 1 is 1.56 bits per heavy atom. The van der Waals surface area contributed by atoms with E-state index in [2.05, 4.69) is 5.32 Å². The maximum absolute atomic E-state index is 12.9. The number of nitrogens with one attached hydrogen (secondary N) is 1. The first-order chi connectivity index (χ1) is 7.40. The van der Waals surface area contributed by atoms with E-state index >= 15 is 0 Å². The largest absolute Gasteiger partial charge is 0.326 e. The first-order valence-corrected chi connectivity index (χ1v) is 5.23. The first-order valence-electron chi connectivity index (χ1n) is 4.85. The Bertz CT molecular complexity index is 448. The molecular weight excluding hydrogens is 236 g/mol. The molecule has 5 heteroatoms. The van der Waals surface area contributed by atoms with E-state index < -0.39 is 11.8 Å². The Morgan fingerprint density at radius 3 is 2.69 bits per heavy atom. The number of amides is 1. The molecule has 16 heavy (non-hydrogen) atoms. The van der Waals surface area contributed by atoms with Crippen LogP contribution in [0.5, 0.6) is 0 Å². The van der Waals surface area contributed by atoms with E-state index in [-0.39, 0.29) is 12.3 Å². The van der Waals surface area contributed by atoms with Crippen molar-refractivity contribution in [3.63, 3.8) is 0 Å². The van der Waals surface area contributed by atoms with Crippen LogP contribution < -0.4 is 5.32 Å². The van der Waals surface area contributed by atoms with Crippen LogP contribution in [0.2, 0.25) is 5.02 Å². The van der Waals surface area contributed by atoms with Crippen LogP contribution in [0.1, 0.15) is 24.8 Å². The molecule has 0 spiro atoms. The monoisotopic (exact) mass is 245 g/mol. The lowest BCUT2D eigenvalue weighted by Crippen LogP contribution is -2.06. The smallest absolute Gasteiger partial charge is 0.255 e. The molecule has 86 valence electrons. The lowest BCUT2D eigenvalue weighted by Gasteiger charge is -2.07. The summed E-state index contributed by atoms with van der Waals surface area (Å²) in [5.41, 5.74) is 0.896. The third kappa shape index (κ3) is 2.16. The van der Waals surface area contributed by atoms with Gasteiger partial charge in [0.05, 0.1) is 5.92 Å².